The zero-order chi connectivity index (χ0) is 11.7. The van der Waals surface area contributed by atoms with Crippen LogP contribution in [0.5, 0.6) is 5.75 Å². The predicted molar refractivity (Wildman–Crippen MR) is 60.8 cm³/mol. The molecule has 1 aromatic carbocycles. The standard InChI is InChI=1S/C11H11NO3S/c1-6(13)10-11(14)8-5-7(15-2)3-4-9(8)16-12-10/h3-5,10,12H,1-2H3. The Balaban J connectivity index is 2.42. The first-order valence-corrected chi connectivity index (χ1v) is 5.60. The van der Waals surface area contributed by atoms with Crippen LogP contribution in [0.1, 0.15) is 17.3 Å². The van der Waals surface area contributed by atoms with Crippen molar-refractivity contribution in [2.75, 3.05) is 7.11 Å². The van der Waals surface area contributed by atoms with Gasteiger partial charge in [-0.25, -0.2) is 4.72 Å². The van der Waals surface area contributed by atoms with E-state index in [2.05, 4.69) is 4.72 Å². The number of carbonyl (C=O) groups excluding carboxylic acids is 2. The number of rotatable bonds is 2. The zero-order valence-corrected chi connectivity index (χ0v) is 9.76. The molecule has 0 fully saturated rings. The van der Waals surface area contributed by atoms with Gasteiger partial charge in [-0.05, 0) is 37.1 Å². The molecule has 1 aliphatic rings. The summed E-state index contributed by atoms with van der Waals surface area (Å²) in [5.41, 5.74) is 0.545. The van der Waals surface area contributed by atoms with Crippen LogP contribution >= 0.6 is 11.9 Å². The molecule has 0 aliphatic carbocycles. The van der Waals surface area contributed by atoms with E-state index in [1.807, 2.05) is 0 Å². The van der Waals surface area contributed by atoms with Gasteiger partial charge in [-0.1, -0.05) is 0 Å². The topological polar surface area (TPSA) is 55.4 Å². The lowest BCUT2D eigenvalue weighted by Crippen LogP contribution is -2.41. The minimum absolute atomic E-state index is 0.175. The first-order valence-electron chi connectivity index (χ1n) is 4.78. The van der Waals surface area contributed by atoms with Gasteiger partial charge in [0, 0.05) is 10.5 Å². The average Bonchev–Trinajstić information content (AvgIpc) is 2.28. The maximum atomic E-state index is 12.0. The van der Waals surface area contributed by atoms with E-state index in [1.54, 1.807) is 25.3 Å². The van der Waals surface area contributed by atoms with Crippen LogP contribution in [0.15, 0.2) is 23.1 Å². The van der Waals surface area contributed by atoms with E-state index in [0.29, 0.717) is 11.3 Å². The van der Waals surface area contributed by atoms with Crippen LogP contribution in [0, 0.1) is 0 Å². The number of fused-ring (bicyclic) bond motifs is 1. The summed E-state index contributed by atoms with van der Waals surface area (Å²) in [6.07, 6.45) is 0. The SMILES string of the molecule is COc1ccc2c(c1)C(=O)C(C(C)=O)NS2. The van der Waals surface area contributed by atoms with Crippen LogP contribution in [0.25, 0.3) is 0 Å². The monoisotopic (exact) mass is 237 g/mol. The van der Waals surface area contributed by atoms with E-state index in [-0.39, 0.29) is 11.6 Å². The molecule has 1 aliphatic heterocycles. The third-order valence-electron chi connectivity index (χ3n) is 2.41. The number of ketones is 2. The summed E-state index contributed by atoms with van der Waals surface area (Å²) in [6.45, 7) is 1.40. The van der Waals surface area contributed by atoms with E-state index in [9.17, 15) is 9.59 Å². The van der Waals surface area contributed by atoms with Crippen molar-refractivity contribution in [2.45, 2.75) is 17.9 Å². The Morgan fingerprint density at radius 3 is 2.88 bits per heavy atom. The van der Waals surface area contributed by atoms with Crippen LogP contribution in [-0.4, -0.2) is 24.7 Å². The van der Waals surface area contributed by atoms with Gasteiger partial charge in [-0.3, -0.25) is 9.59 Å². The zero-order valence-electron chi connectivity index (χ0n) is 8.94. The summed E-state index contributed by atoms with van der Waals surface area (Å²) in [7, 11) is 1.54. The number of carbonyl (C=O) groups is 2. The van der Waals surface area contributed by atoms with Crippen LogP contribution in [0.4, 0.5) is 0 Å². The van der Waals surface area contributed by atoms with Crippen molar-refractivity contribution in [2.24, 2.45) is 0 Å². The minimum Gasteiger partial charge on any atom is -0.497 e. The highest BCUT2D eigenvalue weighted by molar-refractivity contribution is 7.97. The lowest BCUT2D eigenvalue weighted by atomic mass is 10.0. The Morgan fingerprint density at radius 1 is 1.50 bits per heavy atom. The fraction of sp³-hybridized carbons (Fsp3) is 0.273. The smallest absolute Gasteiger partial charge is 0.189 e. The molecule has 0 radical (unpaired) electrons. The highest BCUT2D eigenvalue weighted by Gasteiger charge is 2.31. The molecule has 2 rings (SSSR count). The van der Waals surface area contributed by atoms with E-state index in [4.69, 9.17) is 4.74 Å². The molecule has 4 nitrogen and oxygen atoms in total. The van der Waals surface area contributed by atoms with E-state index < -0.39 is 6.04 Å². The van der Waals surface area contributed by atoms with Gasteiger partial charge < -0.3 is 4.74 Å². The molecule has 84 valence electrons. The molecule has 1 aromatic rings. The molecular weight excluding hydrogens is 226 g/mol. The molecule has 0 amide bonds. The fourth-order valence-corrected chi connectivity index (χ4v) is 2.44. The van der Waals surface area contributed by atoms with Crippen LogP contribution in [0.2, 0.25) is 0 Å². The number of hydrogen-bond acceptors (Lipinski definition) is 5. The first-order chi connectivity index (χ1) is 7.63. The number of hydrogen-bond donors (Lipinski definition) is 1. The largest absolute Gasteiger partial charge is 0.497 e. The summed E-state index contributed by atoms with van der Waals surface area (Å²) in [5.74, 6) is 0.253. The number of nitrogens with one attached hydrogen (secondary N) is 1. The number of Topliss-reactive ketones (excluding diaryl/α,β-unsaturated/α-hetero) is 2. The molecule has 1 unspecified atom stereocenters. The van der Waals surface area contributed by atoms with Crippen molar-refractivity contribution in [1.82, 2.24) is 4.72 Å². The Morgan fingerprint density at radius 2 is 2.25 bits per heavy atom. The Kier molecular flexibility index (Phi) is 2.98. The minimum atomic E-state index is -0.746. The fourth-order valence-electron chi connectivity index (χ4n) is 1.52. The molecule has 1 heterocycles. The molecule has 0 saturated heterocycles. The third-order valence-corrected chi connectivity index (χ3v) is 3.34. The molecule has 16 heavy (non-hydrogen) atoms. The molecule has 1 N–H and O–H groups in total. The molecule has 5 heteroatoms. The Bertz CT molecular complexity index is 459. The normalized spacial score (nSPS) is 19.1. The van der Waals surface area contributed by atoms with Gasteiger partial charge in [0.2, 0.25) is 0 Å². The quantitative estimate of drug-likeness (QED) is 0.623. The maximum absolute atomic E-state index is 12.0. The number of methoxy groups -OCH3 is 1. The van der Waals surface area contributed by atoms with Gasteiger partial charge in [0.25, 0.3) is 0 Å². The second-order valence-corrected chi connectivity index (χ2v) is 4.37. The summed E-state index contributed by atoms with van der Waals surface area (Å²) in [6, 6.07) is 4.51. The number of benzene rings is 1. The van der Waals surface area contributed by atoms with Gasteiger partial charge in [-0.2, -0.15) is 0 Å². The second kappa shape index (κ2) is 4.27. The highest BCUT2D eigenvalue weighted by Crippen LogP contribution is 2.30. The van der Waals surface area contributed by atoms with Gasteiger partial charge >= 0.3 is 0 Å². The van der Waals surface area contributed by atoms with Crippen LogP contribution in [0.3, 0.4) is 0 Å². The molecule has 0 aromatic heterocycles. The van der Waals surface area contributed by atoms with Crippen molar-refractivity contribution in [3.63, 3.8) is 0 Å². The van der Waals surface area contributed by atoms with Crippen molar-refractivity contribution in [1.29, 1.82) is 0 Å². The molecule has 0 spiro atoms. The van der Waals surface area contributed by atoms with E-state index >= 15 is 0 Å². The molecule has 1 atom stereocenters. The van der Waals surface area contributed by atoms with Gasteiger partial charge in [0.1, 0.15) is 11.8 Å². The van der Waals surface area contributed by atoms with Crippen molar-refractivity contribution >= 4 is 23.5 Å². The molecule has 0 saturated carbocycles. The van der Waals surface area contributed by atoms with E-state index in [1.165, 1.54) is 18.9 Å². The summed E-state index contributed by atoms with van der Waals surface area (Å²) in [5, 5.41) is 0. The van der Waals surface area contributed by atoms with Crippen molar-refractivity contribution < 1.29 is 14.3 Å². The number of ether oxygens (including phenoxy) is 1. The van der Waals surface area contributed by atoms with Crippen LogP contribution in [-0.2, 0) is 4.79 Å². The second-order valence-electron chi connectivity index (χ2n) is 3.49. The lowest BCUT2D eigenvalue weighted by molar-refractivity contribution is -0.117. The van der Waals surface area contributed by atoms with Gasteiger partial charge in [0.15, 0.2) is 11.6 Å². The van der Waals surface area contributed by atoms with Crippen molar-refractivity contribution in [3.05, 3.63) is 23.8 Å². The summed E-state index contributed by atoms with van der Waals surface area (Å²) >= 11 is 1.30. The predicted octanol–water partition coefficient (Wildman–Crippen LogP) is 1.45. The summed E-state index contributed by atoms with van der Waals surface area (Å²) < 4.78 is 7.90. The Labute approximate surface area is 97.5 Å². The highest BCUT2D eigenvalue weighted by atomic mass is 32.2. The molecule has 0 bridgehead atoms. The van der Waals surface area contributed by atoms with Gasteiger partial charge in [-0.15, -0.1) is 0 Å². The van der Waals surface area contributed by atoms with Crippen molar-refractivity contribution in [3.8, 4) is 5.75 Å². The third kappa shape index (κ3) is 1.83. The summed E-state index contributed by atoms with van der Waals surface area (Å²) in [4.78, 5) is 24.0. The Hall–Kier alpha value is -1.33. The maximum Gasteiger partial charge on any atom is 0.189 e. The van der Waals surface area contributed by atoms with E-state index in [0.717, 1.165) is 4.90 Å². The van der Waals surface area contributed by atoms with Crippen LogP contribution < -0.4 is 9.46 Å². The first kappa shape index (κ1) is 11.2. The average molecular weight is 237 g/mol. The van der Waals surface area contributed by atoms with Gasteiger partial charge in [0.05, 0.1) is 7.11 Å². The lowest BCUT2D eigenvalue weighted by Gasteiger charge is -2.22. The molecular formula is C11H11NO3S.